The van der Waals surface area contributed by atoms with E-state index < -0.39 is 11.6 Å². The number of halogens is 2. The summed E-state index contributed by atoms with van der Waals surface area (Å²) in [4.78, 5) is 15.8. The lowest BCUT2D eigenvalue weighted by molar-refractivity contribution is 0.507. The molecule has 0 bridgehead atoms. The quantitative estimate of drug-likeness (QED) is 0.505. The molecule has 1 aromatic carbocycles. The molecule has 6 nitrogen and oxygen atoms in total. The van der Waals surface area contributed by atoms with Gasteiger partial charge < -0.3 is 16.4 Å². The number of pyridine rings is 3. The fraction of sp³-hybridized carbons (Fsp3) is 0.208. The lowest BCUT2D eigenvalue weighted by atomic mass is 10.0. The van der Waals surface area contributed by atoms with Crippen molar-refractivity contribution in [1.82, 2.24) is 15.0 Å². The Balaban J connectivity index is 1.61. The van der Waals surface area contributed by atoms with Crippen LogP contribution in [0.5, 0.6) is 0 Å². The van der Waals surface area contributed by atoms with Gasteiger partial charge in [0.2, 0.25) is 0 Å². The van der Waals surface area contributed by atoms with E-state index >= 15 is 0 Å². The number of rotatable bonds is 3. The van der Waals surface area contributed by atoms with E-state index in [1.165, 1.54) is 12.1 Å². The van der Waals surface area contributed by atoms with E-state index in [0.717, 1.165) is 48.6 Å². The minimum atomic E-state index is -0.687. The molecule has 8 heteroatoms. The molecule has 4 aromatic rings. The third kappa shape index (κ3) is 3.73. The number of benzene rings is 1. The molecule has 5 rings (SSSR count). The molecule has 1 aliphatic heterocycles. The highest BCUT2D eigenvalue weighted by atomic mass is 19.1. The summed E-state index contributed by atoms with van der Waals surface area (Å²) < 4.78 is 27.6. The van der Waals surface area contributed by atoms with E-state index in [4.69, 9.17) is 11.5 Å². The normalized spacial score (nSPS) is 16.5. The maximum Gasteiger partial charge on any atom is 0.135 e. The first-order chi connectivity index (χ1) is 15.5. The minimum absolute atomic E-state index is 0.132. The van der Waals surface area contributed by atoms with Crippen LogP contribution >= 0.6 is 0 Å². The SMILES string of the molecule is Nc1ccc(-c2ccc(F)cc2F)nc1-c1cc2c(N3CCCC(N)C3)ccnc2cn1. The highest BCUT2D eigenvalue weighted by Gasteiger charge is 2.20. The van der Waals surface area contributed by atoms with E-state index in [1.807, 2.05) is 12.1 Å². The van der Waals surface area contributed by atoms with Gasteiger partial charge in [-0.05, 0) is 49.2 Å². The van der Waals surface area contributed by atoms with Crippen LogP contribution in [-0.2, 0) is 0 Å². The zero-order valence-corrected chi connectivity index (χ0v) is 17.3. The monoisotopic (exact) mass is 432 g/mol. The van der Waals surface area contributed by atoms with E-state index in [9.17, 15) is 8.78 Å². The van der Waals surface area contributed by atoms with Gasteiger partial charge >= 0.3 is 0 Å². The summed E-state index contributed by atoms with van der Waals surface area (Å²) in [5, 5.41) is 0.922. The first-order valence-corrected chi connectivity index (χ1v) is 10.5. The van der Waals surface area contributed by atoms with Crippen LogP contribution in [-0.4, -0.2) is 34.1 Å². The molecule has 1 fully saturated rings. The van der Waals surface area contributed by atoms with Gasteiger partial charge in [0.05, 0.1) is 28.8 Å². The van der Waals surface area contributed by atoms with Crippen molar-refractivity contribution in [3.05, 3.63) is 66.5 Å². The third-order valence-electron chi connectivity index (χ3n) is 5.78. The van der Waals surface area contributed by atoms with Gasteiger partial charge in [-0.3, -0.25) is 9.97 Å². The molecule has 1 saturated heterocycles. The molecule has 0 amide bonds. The van der Waals surface area contributed by atoms with Crippen molar-refractivity contribution >= 4 is 22.3 Å². The first kappa shape index (κ1) is 20.3. The average Bonchev–Trinajstić information content (AvgIpc) is 2.79. The number of nitrogens with two attached hydrogens (primary N) is 2. The third-order valence-corrected chi connectivity index (χ3v) is 5.78. The molecule has 1 atom stereocenters. The zero-order chi connectivity index (χ0) is 22.2. The fourth-order valence-electron chi connectivity index (χ4n) is 4.19. The minimum Gasteiger partial charge on any atom is -0.397 e. The van der Waals surface area contributed by atoms with Crippen LogP contribution in [0, 0.1) is 11.6 Å². The van der Waals surface area contributed by atoms with Gasteiger partial charge in [-0.2, -0.15) is 0 Å². The van der Waals surface area contributed by atoms with Gasteiger partial charge in [-0.1, -0.05) is 0 Å². The average molecular weight is 432 g/mol. The summed E-state index contributed by atoms with van der Waals surface area (Å²) in [5.74, 6) is -1.33. The molecule has 162 valence electrons. The van der Waals surface area contributed by atoms with Crippen molar-refractivity contribution in [1.29, 1.82) is 0 Å². The number of hydrogen-bond acceptors (Lipinski definition) is 6. The molecular weight excluding hydrogens is 410 g/mol. The molecule has 1 unspecified atom stereocenters. The van der Waals surface area contributed by atoms with Crippen molar-refractivity contribution in [3.8, 4) is 22.6 Å². The lowest BCUT2D eigenvalue weighted by Crippen LogP contribution is -2.42. The summed E-state index contributed by atoms with van der Waals surface area (Å²) in [6.07, 6.45) is 5.50. The highest BCUT2D eigenvalue weighted by molar-refractivity contribution is 5.94. The number of anilines is 2. The van der Waals surface area contributed by atoms with Crippen LogP contribution in [0.4, 0.5) is 20.2 Å². The van der Waals surface area contributed by atoms with E-state index in [1.54, 1.807) is 24.5 Å². The number of nitrogens with zero attached hydrogens (tertiary/aromatic N) is 4. The standard InChI is InChI=1S/C24H22F2N6/c25-14-3-4-16(18(26)10-14)20-6-5-19(28)24(31-20)21-11-17-22(12-30-21)29-8-7-23(17)32-9-1-2-15(27)13-32/h3-8,10-12,15H,1-2,9,13,27-28H2. The Hall–Kier alpha value is -3.65. The van der Waals surface area contributed by atoms with Crippen LogP contribution in [0.15, 0.2) is 54.9 Å². The summed E-state index contributed by atoms with van der Waals surface area (Å²) in [5.41, 5.74) is 16.1. The van der Waals surface area contributed by atoms with Gasteiger partial charge in [0.25, 0.3) is 0 Å². The Morgan fingerprint density at radius 2 is 1.88 bits per heavy atom. The van der Waals surface area contributed by atoms with Crippen molar-refractivity contribution < 1.29 is 8.78 Å². The molecule has 4 N–H and O–H groups in total. The van der Waals surface area contributed by atoms with Crippen LogP contribution in [0.1, 0.15) is 12.8 Å². The Morgan fingerprint density at radius 1 is 1.00 bits per heavy atom. The molecule has 3 aromatic heterocycles. The maximum atomic E-state index is 14.3. The summed E-state index contributed by atoms with van der Waals surface area (Å²) in [7, 11) is 0. The second-order valence-electron chi connectivity index (χ2n) is 8.02. The van der Waals surface area contributed by atoms with E-state index in [2.05, 4.69) is 19.9 Å². The molecule has 0 aliphatic carbocycles. The van der Waals surface area contributed by atoms with Crippen molar-refractivity contribution in [2.75, 3.05) is 23.7 Å². The van der Waals surface area contributed by atoms with Gasteiger partial charge in [-0.25, -0.2) is 13.8 Å². The number of fused-ring (bicyclic) bond motifs is 1. The van der Waals surface area contributed by atoms with E-state index in [-0.39, 0.29) is 11.6 Å². The van der Waals surface area contributed by atoms with Gasteiger partial charge in [-0.15, -0.1) is 0 Å². The van der Waals surface area contributed by atoms with Crippen LogP contribution < -0.4 is 16.4 Å². The smallest absolute Gasteiger partial charge is 0.135 e. The lowest BCUT2D eigenvalue weighted by Gasteiger charge is -2.33. The number of nitrogen functional groups attached to an aromatic ring is 1. The van der Waals surface area contributed by atoms with Crippen LogP contribution in [0.2, 0.25) is 0 Å². The maximum absolute atomic E-state index is 14.3. The van der Waals surface area contributed by atoms with Crippen molar-refractivity contribution in [3.63, 3.8) is 0 Å². The van der Waals surface area contributed by atoms with Gasteiger partial charge in [0.15, 0.2) is 0 Å². The van der Waals surface area contributed by atoms with Gasteiger partial charge in [0.1, 0.15) is 17.3 Å². The number of piperidine rings is 1. The molecule has 0 saturated carbocycles. The zero-order valence-electron chi connectivity index (χ0n) is 17.3. The fourth-order valence-corrected chi connectivity index (χ4v) is 4.19. The van der Waals surface area contributed by atoms with Crippen molar-refractivity contribution in [2.45, 2.75) is 18.9 Å². The van der Waals surface area contributed by atoms with Crippen LogP contribution in [0.25, 0.3) is 33.5 Å². The molecule has 1 aliphatic rings. The van der Waals surface area contributed by atoms with Crippen LogP contribution in [0.3, 0.4) is 0 Å². The second-order valence-corrected chi connectivity index (χ2v) is 8.02. The first-order valence-electron chi connectivity index (χ1n) is 10.5. The molecule has 0 spiro atoms. The van der Waals surface area contributed by atoms with Crippen molar-refractivity contribution in [2.24, 2.45) is 5.73 Å². The molecule has 4 heterocycles. The molecular formula is C24H22F2N6. The summed E-state index contributed by atoms with van der Waals surface area (Å²) in [6, 6.07) is 10.7. The number of aromatic nitrogens is 3. The summed E-state index contributed by atoms with van der Waals surface area (Å²) >= 11 is 0. The molecule has 32 heavy (non-hydrogen) atoms. The molecule has 0 radical (unpaired) electrons. The second kappa shape index (κ2) is 8.12. The Labute approximate surface area is 183 Å². The predicted molar refractivity (Wildman–Crippen MR) is 122 cm³/mol. The Bertz CT molecular complexity index is 1310. The van der Waals surface area contributed by atoms with E-state index in [0.29, 0.717) is 22.8 Å². The highest BCUT2D eigenvalue weighted by Crippen LogP contribution is 2.33. The topological polar surface area (TPSA) is 94.0 Å². The number of hydrogen-bond donors (Lipinski definition) is 2. The predicted octanol–water partition coefficient (Wildman–Crippen LogP) is 4.15. The largest absolute Gasteiger partial charge is 0.397 e. The van der Waals surface area contributed by atoms with Gasteiger partial charge in [0, 0.05) is 48.0 Å². The Kier molecular flexibility index (Phi) is 5.14. The Morgan fingerprint density at radius 3 is 2.69 bits per heavy atom. The summed E-state index contributed by atoms with van der Waals surface area (Å²) in [6.45, 7) is 1.70.